The molecule has 1 aliphatic heterocycles. The van der Waals surface area contributed by atoms with Crippen molar-refractivity contribution in [2.75, 3.05) is 11.9 Å². The highest BCUT2D eigenvalue weighted by atomic mass is 32.2. The smallest absolute Gasteiger partial charge is 0.243 e. The first-order valence-corrected chi connectivity index (χ1v) is 8.88. The van der Waals surface area contributed by atoms with Crippen molar-refractivity contribution >= 4 is 21.6 Å². The van der Waals surface area contributed by atoms with Crippen molar-refractivity contribution in [3.8, 4) is 0 Å². The number of carbonyl (C=O) groups is 1. The second-order valence-electron chi connectivity index (χ2n) is 5.62. The summed E-state index contributed by atoms with van der Waals surface area (Å²) in [5.74, 6) is -0.189. The molecule has 1 atom stereocenters. The SMILES string of the molecule is CC(=O)Nc1ccc(S(=O)(=O)N2CCn3cccc3[C@H]2C)cc1. The minimum Gasteiger partial charge on any atom is -0.349 e. The standard InChI is InChI=1S/C16H19N3O3S/c1-12-16-4-3-9-18(16)10-11-19(12)23(21,22)15-7-5-14(6-8-15)17-13(2)20/h3-9,12H,10-11H2,1-2H3,(H,17,20)/t12-/m1/s1. The first-order chi connectivity index (χ1) is 10.9. The minimum atomic E-state index is -3.57. The second-order valence-corrected chi connectivity index (χ2v) is 7.51. The number of nitrogens with one attached hydrogen (secondary N) is 1. The van der Waals surface area contributed by atoms with Crippen molar-refractivity contribution in [3.05, 3.63) is 48.3 Å². The third-order valence-corrected chi connectivity index (χ3v) is 6.05. The topological polar surface area (TPSA) is 71.4 Å². The van der Waals surface area contributed by atoms with Crippen LogP contribution in [0, 0.1) is 0 Å². The third-order valence-electron chi connectivity index (χ3n) is 4.07. The van der Waals surface area contributed by atoms with E-state index in [0.29, 0.717) is 18.8 Å². The highest BCUT2D eigenvalue weighted by Crippen LogP contribution is 2.31. The molecule has 1 aromatic heterocycles. The average Bonchev–Trinajstić information content (AvgIpc) is 2.96. The van der Waals surface area contributed by atoms with Crippen LogP contribution < -0.4 is 5.32 Å². The normalized spacial score (nSPS) is 18.4. The first-order valence-electron chi connectivity index (χ1n) is 7.44. The molecule has 3 rings (SSSR count). The molecule has 23 heavy (non-hydrogen) atoms. The third kappa shape index (κ3) is 2.89. The summed E-state index contributed by atoms with van der Waals surface area (Å²) in [6.45, 7) is 4.40. The Kier molecular flexibility index (Phi) is 3.99. The number of aromatic nitrogens is 1. The van der Waals surface area contributed by atoms with Crippen LogP contribution in [0.1, 0.15) is 25.6 Å². The van der Waals surface area contributed by atoms with Gasteiger partial charge < -0.3 is 9.88 Å². The van der Waals surface area contributed by atoms with E-state index in [-0.39, 0.29) is 16.8 Å². The van der Waals surface area contributed by atoms with Crippen LogP contribution in [-0.2, 0) is 21.4 Å². The van der Waals surface area contributed by atoms with Gasteiger partial charge in [-0.25, -0.2) is 8.42 Å². The molecule has 6 nitrogen and oxygen atoms in total. The molecular formula is C16H19N3O3S. The molecule has 1 N–H and O–H groups in total. The molecule has 2 aromatic rings. The highest BCUT2D eigenvalue weighted by molar-refractivity contribution is 7.89. The Bertz CT molecular complexity index is 825. The van der Waals surface area contributed by atoms with Gasteiger partial charge in [0.25, 0.3) is 0 Å². The highest BCUT2D eigenvalue weighted by Gasteiger charge is 2.33. The monoisotopic (exact) mass is 333 g/mol. The Hall–Kier alpha value is -2.12. The summed E-state index contributed by atoms with van der Waals surface area (Å²) < 4.78 is 29.4. The minimum absolute atomic E-state index is 0.189. The number of hydrogen-bond acceptors (Lipinski definition) is 3. The molecule has 1 amide bonds. The summed E-state index contributed by atoms with van der Waals surface area (Å²) >= 11 is 0. The summed E-state index contributed by atoms with van der Waals surface area (Å²) in [5, 5.41) is 2.63. The Labute approximate surface area is 135 Å². The first kappa shape index (κ1) is 15.8. The van der Waals surface area contributed by atoms with E-state index in [4.69, 9.17) is 0 Å². The van der Waals surface area contributed by atoms with Gasteiger partial charge in [-0.1, -0.05) is 0 Å². The fourth-order valence-electron chi connectivity index (χ4n) is 2.93. The molecule has 0 bridgehead atoms. The summed E-state index contributed by atoms with van der Waals surface area (Å²) in [7, 11) is -3.57. The number of rotatable bonds is 3. The molecular weight excluding hydrogens is 314 g/mol. The molecule has 7 heteroatoms. The van der Waals surface area contributed by atoms with Crippen LogP contribution in [0.25, 0.3) is 0 Å². The van der Waals surface area contributed by atoms with Gasteiger partial charge in [0, 0.05) is 37.6 Å². The summed E-state index contributed by atoms with van der Waals surface area (Å²) in [6.07, 6.45) is 1.97. The van der Waals surface area contributed by atoms with Crippen molar-refractivity contribution in [3.63, 3.8) is 0 Å². The lowest BCUT2D eigenvalue weighted by atomic mass is 10.2. The number of amides is 1. The van der Waals surface area contributed by atoms with Crippen LogP contribution in [0.3, 0.4) is 0 Å². The van der Waals surface area contributed by atoms with E-state index in [1.54, 1.807) is 12.1 Å². The van der Waals surface area contributed by atoms with Crippen LogP contribution in [0.2, 0.25) is 0 Å². The average molecular weight is 333 g/mol. The largest absolute Gasteiger partial charge is 0.349 e. The fourth-order valence-corrected chi connectivity index (χ4v) is 4.53. The van der Waals surface area contributed by atoms with Crippen molar-refractivity contribution in [1.82, 2.24) is 8.87 Å². The maximum atomic E-state index is 12.9. The predicted octanol–water partition coefficient (Wildman–Crippen LogP) is 2.21. The van der Waals surface area contributed by atoms with E-state index >= 15 is 0 Å². The number of hydrogen-bond donors (Lipinski definition) is 1. The number of carbonyl (C=O) groups excluding carboxylic acids is 1. The zero-order valence-electron chi connectivity index (χ0n) is 13.1. The van der Waals surface area contributed by atoms with E-state index in [0.717, 1.165) is 5.69 Å². The van der Waals surface area contributed by atoms with E-state index in [1.807, 2.05) is 25.3 Å². The lowest BCUT2D eigenvalue weighted by Gasteiger charge is -2.33. The molecule has 0 fully saturated rings. The van der Waals surface area contributed by atoms with Gasteiger partial charge >= 0.3 is 0 Å². The lowest BCUT2D eigenvalue weighted by molar-refractivity contribution is -0.114. The molecule has 0 saturated carbocycles. The maximum Gasteiger partial charge on any atom is 0.243 e. The van der Waals surface area contributed by atoms with Gasteiger partial charge in [-0.05, 0) is 43.3 Å². The van der Waals surface area contributed by atoms with Gasteiger partial charge in [-0.15, -0.1) is 0 Å². The molecule has 0 saturated heterocycles. The molecule has 0 aliphatic carbocycles. The van der Waals surface area contributed by atoms with Gasteiger partial charge in [0.05, 0.1) is 10.9 Å². The molecule has 1 aliphatic rings. The van der Waals surface area contributed by atoms with Crippen molar-refractivity contribution in [2.24, 2.45) is 0 Å². The van der Waals surface area contributed by atoms with Crippen LogP contribution >= 0.6 is 0 Å². The van der Waals surface area contributed by atoms with Gasteiger partial charge in [0.15, 0.2) is 0 Å². The zero-order valence-corrected chi connectivity index (χ0v) is 13.9. The Morgan fingerprint density at radius 1 is 1.17 bits per heavy atom. The molecule has 122 valence electrons. The van der Waals surface area contributed by atoms with Crippen LogP contribution in [-0.4, -0.2) is 29.7 Å². The van der Waals surface area contributed by atoms with Crippen molar-refractivity contribution in [1.29, 1.82) is 0 Å². The maximum absolute atomic E-state index is 12.9. The van der Waals surface area contributed by atoms with Crippen molar-refractivity contribution < 1.29 is 13.2 Å². The fraction of sp³-hybridized carbons (Fsp3) is 0.312. The molecule has 1 aromatic carbocycles. The van der Waals surface area contributed by atoms with Crippen LogP contribution in [0.5, 0.6) is 0 Å². The van der Waals surface area contributed by atoms with Crippen molar-refractivity contribution in [2.45, 2.75) is 31.3 Å². The molecule has 0 unspecified atom stereocenters. The van der Waals surface area contributed by atoms with E-state index in [1.165, 1.54) is 23.4 Å². The van der Waals surface area contributed by atoms with E-state index in [2.05, 4.69) is 9.88 Å². The number of nitrogens with zero attached hydrogens (tertiary/aromatic N) is 2. The van der Waals surface area contributed by atoms with Crippen LogP contribution in [0.4, 0.5) is 5.69 Å². The lowest BCUT2D eigenvalue weighted by Crippen LogP contribution is -2.40. The molecule has 0 spiro atoms. The van der Waals surface area contributed by atoms with Gasteiger partial charge in [0.1, 0.15) is 0 Å². The number of anilines is 1. The van der Waals surface area contributed by atoms with E-state index < -0.39 is 10.0 Å². The predicted molar refractivity (Wildman–Crippen MR) is 87.5 cm³/mol. The van der Waals surface area contributed by atoms with Crippen LogP contribution in [0.15, 0.2) is 47.5 Å². The van der Waals surface area contributed by atoms with E-state index in [9.17, 15) is 13.2 Å². The van der Waals surface area contributed by atoms with Gasteiger partial charge in [0.2, 0.25) is 15.9 Å². The summed E-state index contributed by atoms with van der Waals surface area (Å²) in [6, 6.07) is 9.94. The summed E-state index contributed by atoms with van der Waals surface area (Å²) in [4.78, 5) is 11.3. The Morgan fingerprint density at radius 3 is 2.52 bits per heavy atom. The number of benzene rings is 1. The Balaban J connectivity index is 1.88. The second kappa shape index (κ2) is 5.82. The number of sulfonamides is 1. The molecule has 0 radical (unpaired) electrons. The van der Waals surface area contributed by atoms with Gasteiger partial charge in [-0.2, -0.15) is 4.31 Å². The Morgan fingerprint density at radius 2 is 1.87 bits per heavy atom. The number of fused-ring (bicyclic) bond motifs is 1. The van der Waals surface area contributed by atoms with Gasteiger partial charge in [-0.3, -0.25) is 4.79 Å². The molecule has 2 heterocycles. The summed E-state index contributed by atoms with van der Waals surface area (Å²) in [5.41, 5.74) is 1.58. The quantitative estimate of drug-likeness (QED) is 0.936. The zero-order chi connectivity index (χ0) is 16.6.